The molecule has 1 fully saturated rings. The average molecular weight is 380 g/mol. The Hall–Kier alpha value is -1.86. The third kappa shape index (κ3) is 5.57. The Morgan fingerprint density at radius 3 is 2.68 bits per heavy atom. The van der Waals surface area contributed by atoms with Gasteiger partial charge in [-0.25, -0.2) is 0 Å². The summed E-state index contributed by atoms with van der Waals surface area (Å²) in [5.74, 6) is 0.411. The first kappa shape index (κ1) is 19.5. The summed E-state index contributed by atoms with van der Waals surface area (Å²) in [6.07, 6.45) is 3.43. The van der Waals surface area contributed by atoms with Crippen LogP contribution in [0.15, 0.2) is 29.2 Å². The topological polar surface area (TPSA) is 55.8 Å². The lowest BCUT2D eigenvalue weighted by atomic mass is 10.2. The van der Waals surface area contributed by atoms with Crippen LogP contribution in [0.1, 0.15) is 31.7 Å². The van der Waals surface area contributed by atoms with Crippen molar-refractivity contribution in [3.8, 4) is 5.75 Å². The zero-order chi connectivity index (χ0) is 18.2. The van der Waals surface area contributed by atoms with Gasteiger partial charge >= 0.3 is 5.97 Å². The molecule has 25 heavy (non-hydrogen) atoms. The van der Waals surface area contributed by atoms with Crippen molar-refractivity contribution in [1.29, 1.82) is 0 Å². The maximum Gasteiger partial charge on any atom is 0.305 e. The van der Waals surface area contributed by atoms with E-state index in [1.54, 1.807) is 12.0 Å². The van der Waals surface area contributed by atoms with Crippen LogP contribution in [0.5, 0.6) is 5.75 Å². The van der Waals surface area contributed by atoms with Gasteiger partial charge in [0.05, 0.1) is 18.6 Å². The van der Waals surface area contributed by atoms with Gasteiger partial charge in [0, 0.05) is 13.0 Å². The van der Waals surface area contributed by atoms with E-state index < -0.39 is 0 Å². The number of esters is 1. The molecule has 1 heterocycles. The Morgan fingerprint density at radius 2 is 2.04 bits per heavy atom. The largest absolute Gasteiger partial charge is 0.497 e. The van der Waals surface area contributed by atoms with Gasteiger partial charge in [-0.1, -0.05) is 43.0 Å². The van der Waals surface area contributed by atoms with E-state index in [1.807, 2.05) is 37.3 Å². The molecule has 5 nitrogen and oxygen atoms in total. The van der Waals surface area contributed by atoms with Gasteiger partial charge in [0.1, 0.15) is 10.1 Å². The minimum absolute atomic E-state index is 0.118. The standard InChI is InChI=1S/C18H21NO4S2/c1-3-11-23-16(20)5-4-10-19-17(21)15(25-18(19)24)12-13-6-8-14(22-2)9-7-13/h6-9,12H,3-5,10-11H2,1-2H3/b15-12+. The minimum atomic E-state index is -0.235. The summed E-state index contributed by atoms with van der Waals surface area (Å²) in [6, 6.07) is 7.45. The minimum Gasteiger partial charge on any atom is -0.497 e. The van der Waals surface area contributed by atoms with E-state index in [-0.39, 0.29) is 18.3 Å². The zero-order valence-corrected chi connectivity index (χ0v) is 16.0. The summed E-state index contributed by atoms with van der Waals surface area (Å²) < 4.78 is 10.7. The van der Waals surface area contributed by atoms with Crippen molar-refractivity contribution in [2.75, 3.05) is 20.3 Å². The molecule has 1 saturated heterocycles. The van der Waals surface area contributed by atoms with Crippen molar-refractivity contribution in [2.45, 2.75) is 26.2 Å². The predicted molar refractivity (Wildman–Crippen MR) is 103 cm³/mol. The fraction of sp³-hybridized carbons (Fsp3) is 0.389. The van der Waals surface area contributed by atoms with Crippen molar-refractivity contribution in [3.63, 3.8) is 0 Å². The van der Waals surface area contributed by atoms with E-state index in [2.05, 4.69) is 0 Å². The fourth-order valence-corrected chi connectivity index (χ4v) is 3.52. The lowest BCUT2D eigenvalue weighted by molar-refractivity contribution is -0.144. The molecule has 0 spiro atoms. The summed E-state index contributed by atoms with van der Waals surface area (Å²) in [5.41, 5.74) is 0.907. The van der Waals surface area contributed by atoms with Gasteiger partial charge in [0.15, 0.2) is 0 Å². The highest BCUT2D eigenvalue weighted by Gasteiger charge is 2.31. The van der Waals surface area contributed by atoms with Gasteiger partial charge in [-0.3, -0.25) is 14.5 Å². The number of benzene rings is 1. The Morgan fingerprint density at radius 1 is 1.32 bits per heavy atom. The number of hydrogen-bond acceptors (Lipinski definition) is 6. The lowest BCUT2D eigenvalue weighted by Crippen LogP contribution is -2.29. The molecule has 0 unspecified atom stereocenters. The van der Waals surface area contributed by atoms with E-state index in [4.69, 9.17) is 21.7 Å². The summed E-state index contributed by atoms with van der Waals surface area (Å²) in [7, 11) is 1.61. The molecule has 0 atom stereocenters. The molecule has 1 aromatic carbocycles. The molecule has 1 amide bonds. The molecule has 0 saturated carbocycles. The summed E-state index contributed by atoms with van der Waals surface area (Å²) in [4.78, 5) is 26.1. The highest BCUT2D eigenvalue weighted by atomic mass is 32.2. The third-order valence-electron chi connectivity index (χ3n) is 3.52. The van der Waals surface area contributed by atoms with Gasteiger partial charge in [0.25, 0.3) is 5.91 Å². The highest BCUT2D eigenvalue weighted by Crippen LogP contribution is 2.32. The van der Waals surface area contributed by atoms with Crippen molar-refractivity contribution in [1.82, 2.24) is 4.90 Å². The number of hydrogen-bond donors (Lipinski definition) is 0. The molecule has 1 aromatic rings. The van der Waals surface area contributed by atoms with E-state index >= 15 is 0 Å². The molecule has 2 rings (SSSR count). The number of carbonyl (C=O) groups is 2. The number of thioether (sulfide) groups is 1. The second kappa shape index (κ2) is 9.58. The van der Waals surface area contributed by atoms with E-state index in [1.165, 1.54) is 11.8 Å². The molecule has 0 aliphatic carbocycles. The molecule has 0 aromatic heterocycles. The first-order chi connectivity index (χ1) is 12.0. The number of ether oxygens (including phenoxy) is 2. The molecule has 0 radical (unpaired) electrons. The van der Waals surface area contributed by atoms with Crippen molar-refractivity contribution in [3.05, 3.63) is 34.7 Å². The lowest BCUT2D eigenvalue weighted by Gasteiger charge is -2.13. The van der Waals surface area contributed by atoms with Crippen LogP contribution in [-0.2, 0) is 14.3 Å². The molecule has 0 N–H and O–H groups in total. The molecule has 7 heteroatoms. The van der Waals surface area contributed by atoms with Crippen molar-refractivity contribution in [2.24, 2.45) is 0 Å². The monoisotopic (exact) mass is 379 g/mol. The van der Waals surface area contributed by atoms with Crippen LogP contribution in [0.25, 0.3) is 6.08 Å². The molecule has 134 valence electrons. The second-order valence-corrected chi connectivity index (χ2v) is 7.11. The number of methoxy groups -OCH3 is 1. The van der Waals surface area contributed by atoms with Crippen LogP contribution in [0.4, 0.5) is 0 Å². The van der Waals surface area contributed by atoms with E-state index in [0.717, 1.165) is 17.7 Å². The fourth-order valence-electron chi connectivity index (χ4n) is 2.21. The smallest absolute Gasteiger partial charge is 0.305 e. The van der Waals surface area contributed by atoms with Gasteiger partial charge in [-0.05, 0) is 36.6 Å². The summed E-state index contributed by atoms with van der Waals surface area (Å²) >= 11 is 6.57. The van der Waals surface area contributed by atoms with Crippen LogP contribution in [0, 0.1) is 0 Å². The van der Waals surface area contributed by atoms with E-state index in [0.29, 0.717) is 28.8 Å². The average Bonchev–Trinajstić information content (AvgIpc) is 2.88. The maximum absolute atomic E-state index is 12.5. The number of carbonyl (C=O) groups excluding carboxylic acids is 2. The van der Waals surface area contributed by atoms with Gasteiger partial charge in [-0.2, -0.15) is 0 Å². The molecule has 1 aliphatic rings. The number of rotatable bonds is 8. The number of amides is 1. The Bertz CT molecular complexity index is 670. The quantitative estimate of drug-likeness (QED) is 0.391. The van der Waals surface area contributed by atoms with Crippen LogP contribution < -0.4 is 4.74 Å². The third-order valence-corrected chi connectivity index (χ3v) is 4.89. The van der Waals surface area contributed by atoms with E-state index in [9.17, 15) is 9.59 Å². The molecule has 1 aliphatic heterocycles. The molecule has 0 bridgehead atoms. The Kier molecular flexibility index (Phi) is 7.46. The highest BCUT2D eigenvalue weighted by molar-refractivity contribution is 8.26. The van der Waals surface area contributed by atoms with Gasteiger partial charge < -0.3 is 9.47 Å². The van der Waals surface area contributed by atoms with Gasteiger partial charge in [-0.15, -0.1) is 0 Å². The first-order valence-electron chi connectivity index (χ1n) is 8.10. The SMILES string of the molecule is CCCOC(=O)CCCN1C(=O)/C(=C\c2ccc(OC)cc2)SC1=S. The number of thiocarbonyl (C=S) groups is 1. The molecular weight excluding hydrogens is 358 g/mol. The maximum atomic E-state index is 12.5. The summed E-state index contributed by atoms with van der Waals surface area (Å²) in [6.45, 7) is 2.80. The van der Waals surface area contributed by atoms with Gasteiger partial charge in [0.2, 0.25) is 0 Å². The molecular formula is C18H21NO4S2. The zero-order valence-electron chi connectivity index (χ0n) is 14.3. The van der Waals surface area contributed by atoms with Crippen molar-refractivity contribution >= 4 is 46.3 Å². The van der Waals surface area contributed by atoms with Crippen molar-refractivity contribution < 1.29 is 19.1 Å². The predicted octanol–water partition coefficient (Wildman–Crippen LogP) is 3.63. The summed E-state index contributed by atoms with van der Waals surface area (Å²) in [5, 5.41) is 0. The first-order valence-corrected chi connectivity index (χ1v) is 9.32. The second-order valence-electron chi connectivity index (χ2n) is 5.43. The number of nitrogens with zero attached hydrogens (tertiary/aromatic N) is 1. The van der Waals surface area contributed by atoms with Crippen LogP contribution >= 0.6 is 24.0 Å². The Balaban J connectivity index is 1.92. The Labute approximate surface area is 157 Å². The van der Waals surface area contributed by atoms with Crippen LogP contribution in [0.2, 0.25) is 0 Å². The van der Waals surface area contributed by atoms with Crippen LogP contribution in [-0.4, -0.2) is 41.4 Å². The normalized spacial score (nSPS) is 15.8. The van der Waals surface area contributed by atoms with Crippen LogP contribution in [0.3, 0.4) is 0 Å².